The lowest BCUT2D eigenvalue weighted by Gasteiger charge is -2.13. The molecule has 1 saturated carbocycles. The number of halogens is 3. The van der Waals surface area contributed by atoms with Gasteiger partial charge in [-0.15, -0.1) is 0 Å². The van der Waals surface area contributed by atoms with Crippen LogP contribution in [0.2, 0.25) is 0 Å². The van der Waals surface area contributed by atoms with Crippen molar-refractivity contribution in [3.05, 3.63) is 75.7 Å². The van der Waals surface area contributed by atoms with Crippen molar-refractivity contribution < 1.29 is 22.8 Å². The summed E-state index contributed by atoms with van der Waals surface area (Å²) in [6.45, 7) is 2.19. The van der Waals surface area contributed by atoms with Crippen LogP contribution in [0, 0.1) is 5.92 Å². The molecule has 2 unspecified atom stereocenters. The van der Waals surface area contributed by atoms with Gasteiger partial charge in [-0.3, -0.25) is 25.2 Å². The predicted octanol–water partition coefficient (Wildman–Crippen LogP) is 3.39. The van der Waals surface area contributed by atoms with Crippen molar-refractivity contribution in [1.29, 1.82) is 0 Å². The molecule has 33 heavy (non-hydrogen) atoms. The second-order valence-corrected chi connectivity index (χ2v) is 7.90. The Morgan fingerprint density at radius 3 is 2.42 bits per heavy atom. The van der Waals surface area contributed by atoms with Crippen molar-refractivity contribution >= 4 is 22.6 Å². The number of hydrazine groups is 1. The lowest BCUT2D eigenvalue weighted by atomic mass is 10.0. The monoisotopic (exact) mass is 458 g/mol. The molecule has 3 aromatic rings. The maximum atomic E-state index is 13.3. The zero-order valence-corrected chi connectivity index (χ0v) is 17.6. The number of aryl methyl sites for hydroxylation is 1. The van der Waals surface area contributed by atoms with Crippen LogP contribution in [0.25, 0.3) is 10.8 Å². The number of rotatable bonds is 5. The molecule has 2 aromatic carbocycles. The minimum absolute atomic E-state index is 0.0336. The third-order valence-corrected chi connectivity index (χ3v) is 5.61. The van der Waals surface area contributed by atoms with E-state index in [4.69, 9.17) is 0 Å². The lowest BCUT2D eigenvalue weighted by molar-refractivity contribution is -0.138. The summed E-state index contributed by atoms with van der Waals surface area (Å²) in [5.41, 5.74) is 3.51. The third kappa shape index (κ3) is 4.46. The van der Waals surface area contributed by atoms with E-state index in [0.29, 0.717) is 23.7 Å². The first-order valence-electron chi connectivity index (χ1n) is 10.5. The number of alkyl halides is 3. The Labute approximate surface area is 186 Å². The van der Waals surface area contributed by atoms with Crippen LogP contribution in [0.4, 0.5) is 13.2 Å². The van der Waals surface area contributed by atoms with Crippen LogP contribution in [0.15, 0.2) is 53.3 Å². The van der Waals surface area contributed by atoms with Gasteiger partial charge in [-0.05, 0) is 36.5 Å². The van der Waals surface area contributed by atoms with E-state index in [9.17, 15) is 27.6 Å². The van der Waals surface area contributed by atoms with E-state index in [1.807, 2.05) is 6.92 Å². The highest BCUT2D eigenvalue weighted by Crippen LogP contribution is 2.50. The second-order valence-electron chi connectivity index (χ2n) is 7.90. The van der Waals surface area contributed by atoms with Gasteiger partial charge in [0.25, 0.3) is 11.5 Å². The molecule has 10 heteroatoms. The maximum Gasteiger partial charge on any atom is 0.416 e. The Morgan fingerprint density at radius 2 is 1.73 bits per heavy atom. The average Bonchev–Trinajstić information content (AvgIpc) is 3.60. The van der Waals surface area contributed by atoms with Crippen LogP contribution < -0.4 is 16.4 Å². The second kappa shape index (κ2) is 8.68. The van der Waals surface area contributed by atoms with E-state index in [2.05, 4.69) is 16.0 Å². The van der Waals surface area contributed by atoms with Crippen molar-refractivity contribution in [2.75, 3.05) is 0 Å². The van der Waals surface area contributed by atoms with Crippen LogP contribution in [0.5, 0.6) is 0 Å². The van der Waals surface area contributed by atoms with Crippen molar-refractivity contribution in [3.8, 4) is 0 Å². The molecule has 0 saturated heterocycles. The van der Waals surface area contributed by atoms with Crippen molar-refractivity contribution in [1.82, 2.24) is 20.6 Å². The number of amides is 2. The number of nitrogens with zero attached hydrogens (tertiary/aromatic N) is 2. The molecule has 1 aliphatic carbocycles. The summed E-state index contributed by atoms with van der Waals surface area (Å²) in [7, 11) is 0. The van der Waals surface area contributed by atoms with E-state index >= 15 is 0 Å². The Kier molecular flexibility index (Phi) is 5.92. The maximum absolute atomic E-state index is 13.3. The summed E-state index contributed by atoms with van der Waals surface area (Å²) in [4.78, 5) is 37.8. The fourth-order valence-corrected chi connectivity index (χ4v) is 3.94. The zero-order chi connectivity index (χ0) is 23.8. The van der Waals surface area contributed by atoms with Gasteiger partial charge in [0.15, 0.2) is 5.69 Å². The van der Waals surface area contributed by atoms with E-state index in [0.717, 1.165) is 6.07 Å². The van der Waals surface area contributed by atoms with Gasteiger partial charge in [-0.25, -0.2) is 4.68 Å². The summed E-state index contributed by atoms with van der Waals surface area (Å²) in [5.74, 6) is -2.58. The number of carbonyl (C=O) groups is 2. The molecule has 1 fully saturated rings. The van der Waals surface area contributed by atoms with E-state index in [1.54, 1.807) is 24.3 Å². The highest BCUT2D eigenvalue weighted by Gasteiger charge is 2.48. The average molecular weight is 458 g/mol. The summed E-state index contributed by atoms with van der Waals surface area (Å²) < 4.78 is 41.0. The summed E-state index contributed by atoms with van der Waals surface area (Å²) in [5, 5.41) is 4.81. The molecule has 172 valence electrons. The van der Waals surface area contributed by atoms with Crippen LogP contribution in [0.1, 0.15) is 47.3 Å². The topological polar surface area (TPSA) is 93.1 Å². The standard InChI is InChI=1S/C23H21F3N4O3/c1-2-11-30-22(33)15-9-4-3-8-14(15)19(29-30)21(32)28-27-20(31)17-12-16(17)13-7-5-6-10-18(13)23(24,25)26/h3-10,16-17H,2,11-12H2,1H3,(H,27,31)(H,28,32). The number of aromatic nitrogens is 2. The van der Waals surface area contributed by atoms with Gasteiger partial charge < -0.3 is 0 Å². The fourth-order valence-electron chi connectivity index (χ4n) is 3.94. The number of benzene rings is 2. The fraction of sp³-hybridized carbons (Fsp3) is 0.304. The van der Waals surface area contributed by atoms with Gasteiger partial charge >= 0.3 is 6.18 Å². The minimum atomic E-state index is -4.51. The SMILES string of the molecule is CCCn1nc(C(=O)NNC(=O)C2CC2c2ccccc2C(F)(F)F)c2ccccc2c1=O. The van der Waals surface area contributed by atoms with E-state index in [-0.39, 0.29) is 23.2 Å². The van der Waals surface area contributed by atoms with Crippen LogP contribution in [-0.2, 0) is 17.5 Å². The normalized spacial score (nSPS) is 17.6. The molecule has 7 nitrogen and oxygen atoms in total. The molecule has 2 atom stereocenters. The number of carbonyl (C=O) groups excluding carboxylic acids is 2. The Bertz CT molecular complexity index is 1290. The van der Waals surface area contributed by atoms with Crippen molar-refractivity contribution in [2.24, 2.45) is 5.92 Å². The van der Waals surface area contributed by atoms with E-state index in [1.165, 1.54) is 22.9 Å². The largest absolute Gasteiger partial charge is 0.416 e. The molecule has 0 radical (unpaired) electrons. The zero-order valence-electron chi connectivity index (χ0n) is 17.6. The highest BCUT2D eigenvalue weighted by molar-refractivity contribution is 6.05. The van der Waals surface area contributed by atoms with Gasteiger partial charge in [0.2, 0.25) is 5.91 Å². The molecule has 0 aliphatic heterocycles. The van der Waals surface area contributed by atoms with Crippen molar-refractivity contribution in [3.63, 3.8) is 0 Å². The Hall–Kier alpha value is -3.69. The van der Waals surface area contributed by atoms with Crippen LogP contribution >= 0.6 is 0 Å². The molecular weight excluding hydrogens is 437 g/mol. The molecule has 0 bridgehead atoms. The Balaban J connectivity index is 1.49. The molecular formula is C23H21F3N4O3. The van der Waals surface area contributed by atoms with E-state index < -0.39 is 35.4 Å². The van der Waals surface area contributed by atoms with Crippen molar-refractivity contribution in [2.45, 2.75) is 38.4 Å². The molecule has 1 aliphatic rings. The third-order valence-electron chi connectivity index (χ3n) is 5.61. The number of fused-ring (bicyclic) bond motifs is 1. The Morgan fingerprint density at radius 1 is 1.06 bits per heavy atom. The highest BCUT2D eigenvalue weighted by atomic mass is 19.4. The summed E-state index contributed by atoms with van der Waals surface area (Å²) >= 11 is 0. The molecule has 0 spiro atoms. The smallest absolute Gasteiger partial charge is 0.273 e. The van der Waals surface area contributed by atoms with Gasteiger partial charge in [0.05, 0.1) is 10.9 Å². The first kappa shape index (κ1) is 22.5. The minimum Gasteiger partial charge on any atom is -0.273 e. The van der Waals surface area contributed by atoms with Crippen LogP contribution in [0.3, 0.4) is 0 Å². The van der Waals surface area contributed by atoms with Gasteiger partial charge in [-0.1, -0.05) is 43.3 Å². The van der Waals surface area contributed by atoms with Gasteiger partial charge in [0.1, 0.15) is 0 Å². The number of hydrogen-bond donors (Lipinski definition) is 2. The quantitative estimate of drug-likeness (QED) is 0.574. The predicted molar refractivity (Wildman–Crippen MR) is 114 cm³/mol. The summed E-state index contributed by atoms with van der Waals surface area (Å²) in [6, 6.07) is 11.7. The molecule has 1 heterocycles. The van der Waals surface area contributed by atoms with Crippen LogP contribution in [-0.4, -0.2) is 21.6 Å². The molecule has 2 N–H and O–H groups in total. The molecule has 2 amide bonds. The van der Waals surface area contributed by atoms with Gasteiger partial charge in [0, 0.05) is 17.8 Å². The molecule has 4 rings (SSSR count). The number of hydrogen-bond acceptors (Lipinski definition) is 4. The summed E-state index contributed by atoms with van der Waals surface area (Å²) in [6.07, 6.45) is -3.63. The first-order chi connectivity index (χ1) is 15.7. The first-order valence-corrected chi connectivity index (χ1v) is 10.5. The number of nitrogens with one attached hydrogen (secondary N) is 2. The molecule has 1 aromatic heterocycles. The lowest BCUT2D eigenvalue weighted by Crippen LogP contribution is -2.43. The van der Waals surface area contributed by atoms with Gasteiger partial charge in [-0.2, -0.15) is 18.3 Å².